The average Bonchev–Trinajstić information content (AvgIpc) is 2.05. The molecule has 0 saturated heterocycles. The van der Waals surface area contributed by atoms with Gasteiger partial charge in [0.25, 0.3) is 0 Å². The molecule has 12 heavy (non-hydrogen) atoms. The first-order valence-corrected chi connectivity index (χ1v) is 5.13. The number of hydrogen-bond acceptors (Lipinski definition) is 1. The lowest BCUT2D eigenvalue weighted by atomic mass is 9.98. The van der Waals surface area contributed by atoms with Crippen molar-refractivity contribution in [2.45, 2.75) is 32.6 Å². The van der Waals surface area contributed by atoms with Crippen LogP contribution in [0.3, 0.4) is 0 Å². The highest BCUT2D eigenvalue weighted by molar-refractivity contribution is 9.10. The van der Waals surface area contributed by atoms with Gasteiger partial charge in [-0.1, -0.05) is 20.3 Å². The molecule has 2 heteroatoms. The normalized spacial score (nSPS) is 12.9. The molecule has 0 radical (unpaired) electrons. The van der Waals surface area contributed by atoms with Crippen LogP contribution in [0.25, 0.3) is 0 Å². The second-order valence-electron chi connectivity index (χ2n) is 3.13. The fraction of sp³-hybridized carbons (Fsp3) is 0.500. The third-order valence-electron chi connectivity index (χ3n) is 2.02. The van der Waals surface area contributed by atoms with Crippen LogP contribution in [0.5, 0.6) is 0 Å². The van der Waals surface area contributed by atoms with Crippen LogP contribution in [0.2, 0.25) is 0 Å². The Hall–Kier alpha value is -0.370. The molecule has 0 saturated carbocycles. The van der Waals surface area contributed by atoms with Crippen molar-refractivity contribution < 1.29 is 0 Å². The summed E-state index contributed by atoms with van der Waals surface area (Å²) in [6.07, 6.45) is 6.24. The van der Waals surface area contributed by atoms with Gasteiger partial charge in [0, 0.05) is 16.9 Å². The fourth-order valence-electron chi connectivity index (χ4n) is 1.30. The van der Waals surface area contributed by atoms with Gasteiger partial charge in [-0.25, -0.2) is 0 Å². The molecule has 1 rings (SSSR count). The zero-order valence-corrected chi connectivity index (χ0v) is 9.13. The van der Waals surface area contributed by atoms with E-state index in [-0.39, 0.29) is 0 Å². The summed E-state index contributed by atoms with van der Waals surface area (Å²) >= 11 is 3.42. The lowest BCUT2D eigenvalue weighted by Crippen LogP contribution is -1.93. The molecule has 0 aliphatic heterocycles. The average molecular weight is 228 g/mol. The van der Waals surface area contributed by atoms with Crippen LogP contribution in [0, 0.1) is 0 Å². The van der Waals surface area contributed by atoms with E-state index in [1.165, 1.54) is 18.4 Å². The quantitative estimate of drug-likeness (QED) is 0.767. The van der Waals surface area contributed by atoms with Crippen molar-refractivity contribution in [3.63, 3.8) is 0 Å². The van der Waals surface area contributed by atoms with E-state index in [1.807, 2.05) is 12.4 Å². The molecule has 0 aliphatic carbocycles. The molecule has 1 aromatic heterocycles. The predicted octanol–water partition coefficient (Wildman–Crippen LogP) is 3.75. The molecular formula is C10H14BrN. The van der Waals surface area contributed by atoms with Gasteiger partial charge in [0.05, 0.1) is 0 Å². The van der Waals surface area contributed by atoms with Gasteiger partial charge in [0.15, 0.2) is 0 Å². The summed E-state index contributed by atoms with van der Waals surface area (Å²) in [5, 5.41) is 0. The van der Waals surface area contributed by atoms with Crippen molar-refractivity contribution in [1.82, 2.24) is 4.98 Å². The van der Waals surface area contributed by atoms with Gasteiger partial charge in [-0.3, -0.25) is 4.98 Å². The summed E-state index contributed by atoms with van der Waals surface area (Å²) in [5.41, 5.74) is 1.33. The minimum absolute atomic E-state index is 0.625. The van der Waals surface area contributed by atoms with Crippen molar-refractivity contribution in [2.24, 2.45) is 0 Å². The second kappa shape index (κ2) is 4.61. The fourth-order valence-corrected chi connectivity index (χ4v) is 1.68. The number of pyridine rings is 1. The number of halogens is 1. The molecular weight excluding hydrogens is 214 g/mol. The van der Waals surface area contributed by atoms with E-state index in [1.54, 1.807) is 0 Å². The first-order valence-electron chi connectivity index (χ1n) is 4.34. The summed E-state index contributed by atoms with van der Waals surface area (Å²) in [4.78, 5) is 4.14. The first kappa shape index (κ1) is 9.72. The predicted molar refractivity (Wildman–Crippen MR) is 55.3 cm³/mol. The highest BCUT2D eigenvalue weighted by Crippen LogP contribution is 2.21. The Morgan fingerprint density at radius 3 is 2.83 bits per heavy atom. The van der Waals surface area contributed by atoms with Crippen LogP contribution >= 0.6 is 15.9 Å². The maximum Gasteiger partial charge on any atom is 0.0410 e. The van der Waals surface area contributed by atoms with Crippen LogP contribution in [-0.4, -0.2) is 4.98 Å². The third kappa shape index (κ3) is 2.59. The maximum atomic E-state index is 4.14. The van der Waals surface area contributed by atoms with E-state index in [0.717, 1.165) is 4.47 Å². The Balaban J connectivity index is 2.73. The van der Waals surface area contributed by atoms with E-state index < -0.39 is 0 Å². The van der Waals surface area contributed by atoms with Gasteiger partial charge in [-0.2, -0.15) is 0 Å². The molecule has 1 aromatic rings. The molecule has 0 aliphatic rings. The molecule has 0 fully saturated rings. The van der Waals surface area contributed by atoms with Crippen LogP contribution in [-0.2, 0) is 0 Å². The zero-order chi connectivity index (χ0) is 8.97. The van der Waals surface area contributed by atoms with Crippen LogP contribution in [0.1, 0.15) is 38.2 Å². The lowest BCUT2D eigenvalue weighted by Gasteiger charge is -2.09. The standard InChI is InChI=1S/C10H14BrN/c1-3-4-8(2)9-5-10(11)7-12-6-9/h5-8H,3-4H2,1-2H3. The third-order valence-corrected chi connectivity index (χ3v) is 2.45. The molecule has 1 atom stereocenters. The van der Waals surface area contributed by atoms with Gasteiger partial charge < -0.3 is 0 Å². The van der Waals surface area contributed by atoms with Crippen LogP contribution in [0.15, 0.2) is 22.9 Å². The molecule has 1 heterocycles. The van der Waals surface area contributed by atoms with Crippen molar-refractivity contribution in [3.05, 3.63) is 28.5 Å². The van der Waals surface area contributed by atoms with Gasteiger partial charge in [-0.15, -0.1) is 0 Å². The van der Waals surface area contributed by atoms with Crippen molar-refractivity contribution in [3.8, 4) is 0 Å². The van der Waals surface area contributed by atoms with E-state index in [2.05, 4.69) is 40.8 Å². The van der Waals surface area contributed by atoms with Gasteiger partial charge in [0.2, 0.25) is 0 Å². The maximum absolute atomic E-state index is 4.14. The molecule has 1 unspecified atom stereocenters. The van der Waals surface area contributed by atoms with Crippen molar-refractivity contribution in [1.29, 1.82) is 0 Å². The SMILES string of the molecule is CCCC(C)c1cncc(Br)c1. The number of rotatable bonds is 3. The summed E-state index contributed by atoms with van der Waals surface area (Å²) in [5.74, 6) is 0.625. The molecule has 66 valence electrons. The summed E-state index contributed by atoms with van der Waals surface area (Å²) in [6, 6.07) is 2.15. The molecule has 1 nitrogen and oxygen atoms in total. The largest absolute Gasteiger partial charge is 0.263 e. The Morgan fingerprint density at radius 1 is 1.50 bits per heavy atom. The van der Waals surface area contributed by atoms with E-state index >= 15 is 0 Å². The topological polar surface area (TPSA) is 12.9 Å². The molecule has 0 amide bonds. The molecule has 0 spiro atoms. The Kier molecular flexibility index (Phi) is 3.73. The van der Waals surface area contributed by atoms with Crippen LogP contribution < -0.4 is 0 Å². The number of nitrogens with zero attached hydrogens (tertiary/aromatic N) is 1. The van der Waals surface area contributed by atoms with Crippen LogP contribution in [0.4, 0.5) is 0 Å². The summed E-state index contributed by atoms with van der Waals surface area (Å²) in [7, 11) is 0. The molecule has 0 bridgehead atoms. The highest BCUT2D eigenvalue weighted by atomic mass is 79.9. The smallest absolute Gasteiger partial charge is 0.0410 e. The monoisotopic (exact) mass is 227 g/mol. The van der Waals surface area contributed by atoms with Crippen molar-refractivity contribution >= 4 is 15.9 Å². The molecule has 0 aromatic carbocycles. The van der Waals surface area contributed by atoms with E-state index in [4.69, 9.17) is 0 Å². The lowest BCUT2D eigenvalue weighted by molar-refractivity contribution is 0.662. The number of aromatic nitrogens is 1. The Bertz CT molecular complexity index is 247. The zero-order valence-electron chi connectivity index (χ0n) is 7.55. The Morgan fingerprint density at radius 2 is 2.25 bits per heavy atom. The minimum Gasteiger partial charge on any atom is -0.263 e. The van der Waals surface area contributed by atoms with E-state index in [9.17, 15) is 0 Å². The van der Waals surface area contributed by atoms with Gasteiger partial charge in [-0.05, 0) is 39.9 Å². The van der Waals surface area contributed by atoms with Gasteiger partial charge >= 0.3 is 0 Å². The Labute approximate surface area is 82.3 Å². The second-order valence-corrected chi connectivity index (χ2v) is 4.04. The minimum atomic E-state index is 0.625. The molecule has 0 N–H and O–H groups in total. The van der Waals surface area contributed by atoms with Crippen molar-refractivity contribution in [2.75, 3.05) is 0 Å². The van der Waals surface area contributed by atoms with Gasteiger partial charge in [0.1, 0.15) is 0 Å². The summed E-state index contributed by atoms with van der Waals surface area (Å²) < 4.78 is 1.07. The van der Waals surface area contributed by atoms with E-state index in [0.29, 0.717) is 5.92 Å². The number of hydrogen-bond donors (Lipinski definition) is 0. The highest BCUT2D eigenvalue weighted by Gasteiger charge is 2.04. The summed E-state index contributed by atoms with van der Waals surface area (Å²) in [6.45, 7) is 4.45. The first-order chi connectivity index (χ1) is 5.74.